The molecule has 0 aliphatic heterocycles. The van der Waals surface area contributed by atoms with Crippen LogP contribution < -0.4 is 11.2 Å². The van der Waals surface area contributed by atoms with Crippen LogP contribution in [0.25, 0.3) is 0 Å². The molecule has 1 aromatic heterocycles. The lowest BCUT2D eigenvalue weighted by Crippen LogP contribution is -2.38. The van der Waals surface area contributed by atoms with Crippen LogP contribution >= 0.6 is 0 Å². The number of hydrogen-bond donors (Lipinski definition) is 1. The highest BCUT2D eigenvalue weighted by Crippen LogP contribution is 1.97. The maximum atomic E-state index is 11.6. The van der Waals surface area contributed by atoms with Crippen LogP contribution in [0.3, 0.4) is 0 Å². The van der Waals surface area contributed by atoms with E-state index in [0.717, 1.165) is 0 Å². The first-order chi connectivity index (χ1) is 5.95. The first kappa shape index (κ1) is 9.77. The Kier molecular flexibility index (Phi) is 2.40. The lowest BCUT2D eigenvalue weighted by molar-refractivity contribution is 0.540. The van der Waals surface area contributed by atoms with Gasteiger partial charge in [0, 0.05) is 17.3 Å². The van der Waals surface area contributed by atoms with Crippen molar-refractivity contribution in [2.24, 2.45) is 0 Å². The summed E-state index contributed by atoms with van der Waals surface area (Å²) in [5.74, 6) is 0. The van der Waals surface area contributed by atoms with Crippen molar-refractivity contribution >= 4 is 0 Å². The van der Waals surface area contributed by atoms with Crippen molar-refractivity contribution in [3.05, 3.63) is 32.1 Å². The van der Waals surface area contributed by atoms with Gasteiger partial charge in [-0.15, -0.1) is 0 Å². The third-order valence-corrected chi connectivity index (χ3v) is 2.13. The van der Waals surface area contributed by atoms with Crippen LogP contribution in [0.4, 0.5) is 0 Å². The molecule has 72 valence electrons. The molecule has 0 radical (unpaired) electrons. The average Bonchev–Trinajstić information content (AvgIpc) is 1.99. The topological polar surface area (TPSA) is 54.9 Å². The number of nitrogens with one attached hydrogen (secondary N) is 1. The van der Waals surface area contributed by atoms with Gasteiger partial charge in [-0.1, -0.05) is 0 Å². The molecular formula is C9H14N2O2. The van der Waals surface area contributed by atoms with Gasteiger partial charge in [0.25, 0.3) is 5.56 Å². The number of aromatic nitrogens is 2. The molecule has 0 saturated carbocycles. The molecule has 0 aliphatic carbocycles. The van der Waals surface area contributed by atoms with Crippen molar-refractivity contribution in [3.8, 4) is 0 Å². The minimum atomic E-state index is -0.330. The number of rotatable bonds is 1. The quantitative estimate of drug-likeness (QED) is 0.696. The molecule has 0 aromatic carbocycles. The molecule has 4 nitrogen and oxygen atoms in total. The summed E-state index contributed by atoms with van der Waals surface area (Å²) in [7, 11) is 0. The van der Waals surface area contributed by atoms with Crippen LogP contribution in [0, 0.1) is 13.8 Å². The van der Waals surface area contributed by atoms with Crippen LogP contribution in [0.2, 0.25) is 0 Å². The molecule has 0 atom stereocenters. The predicted molar refractivity (Wildman–Crippen MR) is 51.2 cm³/mol. The summed E-state index contributed by atoms with van der Waals surface area (Å²) in [6, 6.07) is -0.101. The molecule has 0 fully saturated rings. The van der Waals surface area contributed by atoms with E-state index in [1.54, 1.807) is 13.8 Å². The fourth-order valence-corrected chi connectivity index (χ4v) is 1.22. The Bertz CT molecular complexity index is 426. The smallest absolute Gasteiger partial charge is 0.311 e. The molecule has 1 rings (SSSR count). The average molecular weight is 182 g/mol. The Morgan fingerprint density at radius 3 is 2.23 bits per heavy atom. The van der Waals surface area contributed by atoms with E-state index >= 15 is 0 Å². The standard InChI is InChI=1S/C9H14N2O2/c1-5(2)11-8(12)6(3)7(4)10-9(11)13/h5H,1-4H3,(H,10,13). The summed E-state index contributed by atoms with van der Waals surface area (Å²) in [5.41, 5.74) is 0.722. The highest BCUT2D eigenvalue weighted by molar-refractivity contribution is 5.12. The van der Waals surface area contributed by atoms with Crippen molar-refractivity contribution in [2.75, 3.05) is 0 Å². The summed E-state index contributed by atoms with van der Waals surface area (Å²) >= 11 is 0. The molecule has 0 amide bonds. The molecule has 4 heteroatoms. The first-order valence-electron chi connectivity index (χ1n) is 4.27. The van der Waals surface area contributed by atoms with Gasteiger partial charge < -0.3 is 4.98 Å². The van der Waals surface area contributed by atoms with Crippen LogP contribution in [-0.2, 0) is 0 Å². The highest BCUT2D eigenvalue weighted by Gasteiger charge is 2.09. The van der Waals surface area contributed by atoms with E-state index in [-0.39, 0.29) is 17.3 Å². The molecule has 0 saturated heterocycles. The van der Waals surface area contributed by atoms with Gasteiger partial charge in [-0.2, -0.15) is 0 Å². The summed E-state index contributed by atoms with van der Waals surface area (Å²) < 4.78 is 1.22. The van der Waals surface area contributed by atoms with E-state index in [1.165, 1.54) is 4.57 Å². The van der Waals surface area contributed by atoms with Crippen molar-refractivity contribution in [2.45, 2.75) is 33.7 Å². The van der Waals surface area contributed by atoms with Gasteiger partial charge in [0.1, 0.15) is 0 Å². The highest BCUT2D eigenvalue weighted by atomic mass is 16.2. The van der Waals surface area contributed by atoms with Gasteiger partial charge in [0.15, 0.2) is 0 Å². The lowest BCUT2D eigenvalue weighted by atomic mass is 10.2. The normalized spacial score (nSPS) is 10.8. The molecule has 1 heterocycles. The zero-order valence-electron chi connectivity index (χ0n) is 8.34. The third kappa shape index (κ3) is 1.56. The van der Waals surface area contributed by atoms with Crippen molar-refractivity contribution in [3.63, 3.8) is 0 Å². The molecule has 0 unspecified atom stereocenters. The molecule has 1 N–H and O–H groups in total. The van der Waals surface area contributed by atoms with E-state index in [0.29, 0.717) is 11.3 Å². The van der Waals surface area contributed by atoms with Crippen molar-refractivity contribution < 1.29 is 0 Å². The summed E-state index contributed by atoms with van der Waals surface area (Å²) in [6.07, 6.45) is 0. The van der Waals surface area contributed by atoms with Gasteiger partial charge >= 0.3 is 5.69 Å². The van der Waals surface area contributed by atoms with Crippen LogP contribution in [0.1, 0.15) is 31.1 Å². The molecule has 0 spiro atoms. The number of nitrogens with zero attached hydrogens (tertiary/aromatic N) is 1. The Hall–Kier alpha value is -1.32. The zero-order valence-corrected chi connectivity index (χ0v) is 8.34. The fourth-order valence-electron chi connectivity index (χ4n) is 1.22. The third-order valence-electron chi connectivity index (χ3n) is 2.13. The first-order valence-corrected chi connectivity index (χ1v) is 4.27. The van der Waals surface area contributed by atoms with Crippen LogP contribution in [0.15, 0.2) is 9.59 Å². The molecule has 1 aromatic rings. The Morgan fingerprint density at radius 2 is 1.77 bits per heavy atom. The van der Waals surface area contributed by atoms with E-state index < -0.39 is 0 Å². The molecular weight excluding hydrogens is 168 g/mol. The van der Waals surface area contributed by atoms with Gasteiger partial charge in [0.2, 0.25) is 0 Å². The molecule has 13 heavy (non-hydrogen) atoms. The second-order valence-corrected chi connectivity index (χ2v) is 3.45. The predicted octanol–water partition coefficient (Wildman–Crippen LogP) is 0.734. The monoisotopic (exact) mass is 182 g/mol. The van der Waals surface area contributed by atoms with Gasteiger partial charge in [-0.25, -0.2) is 4.79 Å². The molecule has 0 bridgehead atoms. The van der Waals surface area contributed by atoms with Crippen molar-refractivity contribution in [1.29, 1.82) is 0 Å². The summed E-state index contributed by atoms with van der Waals surface area (Å²) in [6.45, 7) is 7.06. The van der Waals surface area contributed by atoms with Gasteiger partial charge in [0.05, 0.1) is 0 Å². The van der Waals surface area contributed by atoms with Crippen molar-refractivity contribution in [1.82, 2.24) is 9.55 Å². The number of H-pyrrole nitrogens is 1. The summed E-state index contributed by atoms with van der Waals surface area (Å²) in [4.78, 5) is 25.6. The number of aryl methyl sites for hydroxylation is 1. The van der Waals surface area contributed by atoms with E-state index in [2.05, 4.69) is 4.98 Å². The molecule has 0 aliphatic rings. The maximum absolute atomic E-state index is 11.6. The largest absolute Gasteiger partial charge is 0.328 e. The van der Waals surface area contributed by atoms with Crippen LogP contribution in [0.5, 0.6) is 0 Å². The van der Waals surface area contributed by atoms with Crippen LogP contribution in [-0.4, -0.2) is 9.55 Å². The second kappa shape index (κ2) is 3.20. The maximum Gasteiger partial charge on any atom is 0.328 e. The number of hydrogen-bond acceptors (Lipinski definition) is 2. The SMILES string of the molecule is Cc1[nH]c(=O)n(C(C)C)c(=O)c1C. The number of aromatic amines is 1. The Balaban J connectivity index is 3.64. The Morgan fingerprint density at radius 1 is 1.23 bits per heavy atom. The Labute approximate surface area is 76.2 Å². The van der Waals surface area contributed by atoms with E-state index in [4.69, 9.17) is 0 Å². The second-order valence-electron chi connectivity index (χ2n) is 3.45. The summed E-state index contributed by atoms with van der Waals surface area (Å²) in [5, 5.41) is 0. The minimum absolute atomic E-state index is 0.101. The lowest BCUT2D eigenvalue weighted by Gasteiger charge is -2.09. The van der Waals surface area contributed by atoms with E-state index in [1.807, 2.05) is 13.8 Å². The minimum Gasteiger partial charge on any atom is -0.311 e. The van der Waals surface area contributed by atoms with E-state index in [9.17, 15) is 9.59 Å². The van der Waals surface area contributed by atoms with Gasteiger partial charge in [-0.3, -0.25) is 9.36 Å². The van der Waals surface area contributed by atoms with Gasteiger partial charge in [-0.05, 0) is 27.7 Å². The zero-order chi connectivity index (χ0) is 10.2. The fraction of sp³-hybridized carbons (Fsp3) is 0.556.